The molecule has 3 aromatic rings. The number of nitrogens with two attached hydrogens (primary N) is 1. The van der Waals surface area contributed by atoms with E-state index in [0.717, 1.165) is 21.2 Å². The summed E-state index contributed by atoms with van der Waals surface area (Å²) >= 11 is 2.62. The number of Topliss-reactive ketones (excluding diaryl/α,β-unsaturated/α-hetero) is 1. The lowest BCUT2D eigenvalue weighted by Gasteiger charge is -2.15. The number of ketones is 1. The maximum absolute atomic E-state index is 12.7. The zero-order valence-corrected chi connectivity index (χ0v) is 17.3. The highest BCUT2D eigenvalue weighted by molar-refractivity contribution is 7.99. The van der Waals surface area contributed by atoms with Crippen LogP contribution >= 0.6 is 23.1 Å². The van der Waals surface area contributed by atoms with Gasteiger partial charge in [0.05, 0.1) is 10.6 Å². The summed E-state index contributed by atoms with van der Waals surface area (Å²) < 4.78 is 2.18. The molecular formula is C17H20N6O3S2. The predicted molar refractivity (Wildman–Crippen MR) is 110 cm³/mol. The van der Waals surface area contributed by atoms with Gasteiger partial charge in [-0.2, -0.15) is 0 Å². The van der Waals surface area contributed by atoms with Gasteiger partial charge in [-0.15, -0.1) is 16.4 Å². The molecule has 0 aliphatic rings. The Bertz CT molecular complexity index is 1110. The Hall–Kier alpha value is -2.66. The van der Waals surface area contributed by atoms with Crippen LogP contribution in [0.1, 0.15) is 24.2 Å². The fourth-order valence-corrected chi connectivity index (χ4v) is 3.96. The van der Waals surface area contributed by atoms with E-state index in [4.69, 9.17) is 5.73 Å². The van der Waals surface area contributed by atoms with Crippen LogP contribution in [0.15, 0.2) is 32.3 Å². The van der Waals surface area contributed by atoms with Crippen LogP contribution in [-0.2, 0) is 13.6 Å². The van der Waals surface area contributed by atoms with E-state index >= 15 is 0 Å². The summed E-state index contributed by atoms with van der Waals surface area (Å²) in [4.78, 5) is 42.8. The molecule has 3 heterocycles. The average molecular weight is 421 g/mol. The lowest BCUT2D eigenvalue weighted by Crippen LogP contribution is -2.43. The molecule has 0 bridgehead atoms. The lowest BCUT2D eigenvalue weighted by molar-refractivity contribution is 0.102. The number of hydrogen-bond acceptors (Lipinski definition) is 8. The average Bonchev–Trinajstić information content (AvgIpc) is 3.33. The summed E-state index contributed by atoms with van der Waals surface area (Å²) in [5.74, 6) is 0.107. The molecule has 0 amide bonds. The predicted octanol–water partition coefficient (Wildman–Crippen LogP) is 1.61. The first-order valence-electron chi connectivity index (χ1n) is 8.51. The van der Waals surface area contributed by atoms with Crippen LogP contribution in [0.25, 0.3) is 10.7 Å². The highest BCUT2D eigenvalue weighted by Gasteiger charge is 2.22. The molecule has 0 atom stereocenters. The van der Waals surface area contributed by atoms with Gasteiger partial charge in [-0.25, -0.2) is 9.78 Å². The van der Waals surface area contributed by atoms with Crippen LogP contribution in [-0.4, -0.2) is 35.9 Å². The Morgan fingerprint density at radius 3 is 2.79 bits per heavy atom. The number of thiophene rings is 1. The van der Waals surface area contributed by atoms with Crippen molar-refractivity contribution in [3.63, 3.8) is 0 Å². The number of anilines is 1. The Balaban J connectivity index is 1.84. The van der Waals surface area contributed by atoms with Gasteiger partial charge >= 0.3 is 5.69 Å². The first kappa shape index (κ1) is 20.1. The van der Waals surface area contributed by atoms with Crippen molar-refractivity contribution in [2.75, 3.05) is 11.5 Å². The van der Waals surface area contributed by atoms with E-state index in [1.807, 2.05) is 31.4 Å². The standard InChI is InChI=1S/C17H20N6O3S2/c1-9(2)7-23-13(18)12(15(25)22(3)17(23)26)10(24)8-28-16-19-14(20-21-16)11-5-4-6-27-11/h4-6,9H,7-8,18H2,1-3H3,(H,19,20,21). The first-order chi connectivity index (χ1) is 13.3. The Kier molecular flexibility index (Phi) is 5.84. The van der Waals surface area contributed by atoms with E-state index in [1.54, 1.807) is 0 Å². The second-order valence-electron chi connectivity index (χ2n) is 6.57. The van der Waals surface area contributed by atoms with Crippen LogP contribution in [0.5, 0.6) is 0 Å². The zero-order valence-electron chi connectivity index (χ0n) is 15.6. The molecular weight excluding hydrogens is 400 g/mol. The number of rotatable bonds is 7. The lowest BCUT2D eigenvalue weighted by atomic mass is 10.2. The van der Waals surface area contributed by atoms with Crippen LogP contribution in [0.3, 0.4) is 0 Å². The number of carbonyl (C=O) groups excluding carboxylic acids is 1. The van der Waals surface area contributed by atoms with Crippen molar-refractivity contribution in [2.24, 2.45) is 13.0 Å². The van der Waals surface area contributed by atoms with Gasteiger partial charge in [-0.3, -0.25) is 23.8 Å². The summed E-state index contributed by atoms with van der Waals surface area (Å²) in [6.07, 6.45) is 0. The van der Waals surface area contributed by atoms with Crippen LogP contribution in [0.2, 0.25) is 0 Å². The SMILES string of the molecule is CC(C)Cn1c(N)c(C(=O)CSc2n[nH]c(-c3cccs3)n2)c(=O)n(C)c1=O. The molecule has 0 aliphatic carbocycles. The van der Waals surface area contributed by atoms with Crippen molar-refractivity contribution in [3.8, 4) is 10.7 Å². The number of nitrogen functional groups attached to an aromatic ring is 1. The number of nitrogens with one attached hydrogen (secondary N) is 1. The number of aromatic nitrogens is 5. The molecule has 28 heavy (non-hydrogen) atoms. The van der Waals surface area contributed by atoms with Gasteiger partial charge in [0.1, 0.15) is 11.4 Å². The number of thioether (sulfide) groups is 1. The third kappa shape index (κ3) is 3.94. The number of H-pyrrole nitrogens is 1. The molecule has 0 unspecified atom stereocenters. The van der Waals surface area contributed by atoms with E-state index in [0.29, 0.717) is 17.5 Å². The number of aromatic amines is 1. The van der Waals surface area contributed by atoms with Crippen LogP contribution < -0.4 is 17.0 Å². The van der Waals surface area contributed by atoms with Gasteiger partial charge in [-0.05, 0) is 17.4 Å². The first-order valence-corrected chi connectivity index (χ1v) is 10.4. The van der Waals surface area contributed by atoms with E-state index in [1.165, 1.54) is 23.0 Å². The topological polar surface area (TPSA) is 129 Å². The highest BCUT2D eigenvalue weighted by atomic mass is 32.2. The minimum Gasteiger partial charge on any atom is -0.384 e. The van der Waals surface area contributed by atoms with Gasteiger partial charge in [0.2, 0.25) is 5.16 Å². The Morgan fingerprint density at radius 1 is 1.39 bits per heavy atom. The largest absolute Gasteiger partial charge is 0.384 e. The van der Waals surface area contributed by atoms with E-state index in [9.17, 15) is 14.4 Å². The van der Waals surface area contributed by atoms with E-state index in [2.05, 4.69) is 15.2 Å². The van der Waals surface area contributed by atoms with Crippen LogP contribution in [0, 0.1) is 5.92 Å². The molecule has 11 heteroatoms. The third-order valence-corrected chi connectivity index (χ3v) is 5.69. The summed E-state index contributed by atoms with van der Waals surface area (Å²) in [5.41, 5.74) is 4.62. The minimum atomic E-state index is -0.692. The van der Waals surface area contributed by atoms with Crippen molar-refractivity contribution in [1.82, 2.24) is 24.3 Å². The van der Waals surface area contributed by atoms with Gasteiger partial charge < -0.3 is 5.73 Å². The van der Waals surface area contributed by atoms with Crippen molar-refractivity contribution < 1.29 is 4.79 Å². The smallest absolute Gasteiger partial charge is 0.332 e. The van der Waals surface area contributed by atoms with Crippen molar-refractivity contribution >= 4 is 34.7 Å². The fourth-order valence-electron chi connectivity index (χ4n) is 2.62. The Morgan fingerprint density at radius 2 is 2.14 bits per heavy atom. The fraction of sp³-hybridized carbons (Fsp3) is 0.353. The molecule has 0 spiro atoms. The Labute approximate surface area is 168 Å². The number of carbonyl (C=O) groups is 1. The molecule has 0 aromatic carbocycles. The maximum Gasteiger partial charge on any atom is 0.332 e. The normalized spacial score (nSPS) is 11.3. The third-order valence-electron chi connectivity index (χ3n) is 3.96. The molecule has 0 saturated carbocycles. The second kappa shape index (κ2) is 8.15. The summed E-state index contributed by atoms with van der Waals surface area (Å²) in [6, 6.07) is 3.82. The van der Waals surface area contributed by atoms with E-state index < -0.39 is 17.0 Å². The minimum absolute atomic E-state index is 0.0684. The molecule has 0 radical (unpaired) electrons. The van der Waals surface area contributed by atoms with Gasteiger partial charge in [0, 0.05) is 13.6 Å². The molecule has 0 fully saturated rings. The van der Waals surface area contributed by atoms with Crippen LogP contribution in [0.4, 0.5) is 5.82 Å². The maximum atomic E-state index is 12.7. The zero-order chi connectivity index (χ0) is 20.4. The summed E-state index contributed by atoms with van der Waals surface area (Å²) in [6.45, 7) is 4.16. The highest BCUT2D eigenvalue weighted by Crippen LogP contribution is 2.23. The van der Waals surface area contributed by atoms with E-state index in [-0.39, 0.29) is 23.1 Å². The monoisotopic (exact) mass is 420 g/mol. The molecule has 3 aromatic heterocycles. The number of nitrogens with zero attached hydrogens (tertiary/aromatic N) is 4. The molecule has 9 nitrogen and oxygen atoms in total. The number of hydrogen-bond donors (Lipinski definition) is 2. The molecule has 3 N–H and O–H groups in total. The quantitative estimate of drug-likeness (QED) is 0.439. The molecule has 148 valence electrons. The van der Waals surface area contributed by atoms with Crippen molar-refractivity contribution in [3.05, 3.63) is 43.9 Å². The summed E-state index contributed by atoms with van der Waals surface area (Å²) in [7, 11) is 1.34. The van der Waals surface area contributed by atoms with Crippen molar-refractivity contribution in [2.45, 2.75) is 25.5 Å². The van der Waals surface area contributed by atoms with Gasteiger partial charge in [0.25, 0.3) is 5.56 Å². The summed E-state index contributed by atoms with van der Waals surface area (Å²) in [5, 5.41) is 9.23. The van der Waals surface area contributed by atoms with Gasteiger partial charge in [-0.1, -0.05) is 31.7 Å². The molecule has 3 rings (SSSR count). The molecule has 0 saturated heterocycles. The van der Waals surface area contributed by atoms with Crippen molar-refractivity contribution in [1.29, 1.82) is 0 Å². The molecule has 0 aliphatic heterocycles. The second-order valence-corrected chi connectivity index (χ2v) is 8.46. The van der Waals surface area contributed by atoms with Gasteiger partial charge in [0.15, 0.2) is 11.6 Å².